The van der Waals surface area contributed by atoms with E-state index >= 15 is 0 Å². The highest BCUT2D eigenvalue weighted by Gasteiger charge is 2.58. The van der Waals surface area contributed by atoms with E-state index in [0.717, 1.165) is 0 Å². The molecule has 16 heavy (non-hydrogen) atoms. The summed E-state index contributed by atoms with van der Waals surface area (Å²) in [6, 6.07) is 0. The maximum atomic E-state index is 10.9. The van der Waals surface area contributed by atoms with E-state index < -0.39 is 36.2 Å². The summed E-state index contributed by atoms with van der Waals surface area (Å²) in [5.74, 6) is -1.87. The van der Waals surface area contributed by atoms with Gasteiger partial charge in [0.05, 0.1) is 12.0 Å². The lowest BCUT2D eigenvalue weighted by Gasteiger charge is -2.29. The molecule has 2 heterocycles. The van der Waals surface area contributed by atoms with Crippen molar-refractivity contribution in [3.05, 3.63) is 0 Å². The fraction of sp³-hybridized carbons (Fsp3) is 0.800. The Morgan fingerprint density at radius 1 is 1.38 bits per heavy atom. The summed E-state index contributed by atoms with van der Waals surface area (Å²) in [6.45, 7) is 1.31. The first kappa shape index (κ1) is 11.3. The molecule has 0 radical (unpaired) electrons. The Hall–Kier alpha value is -1.14. The molecule has 0 aromatic rings. The van der Waals surface area contributed by atoms with Crippen LogP contribution in [0, 0.1) is 5.92 Å². The van der Waals surface area contributed by atoms with Crippen molar-refractivity contribution in [2.75, 3.05) is 7.11 Å². The molecule has 2 bridgehead atoms. The molecule has 2 aliphatic rings. The summed E-state index contributed by atoms with van der Waals surface area (Å²) in [7, 11) is 1.46. The van der Waals surface area contributed by atoms with Crippen molar-refractivity contribution >= 4 is 11.9 Å². The van der Waals surface area contributed by atoms with E-state index in [9.17, 15) is 9.59 Å². The van der Waals surface area contributed by atoms with Crippen molar-refractivity contribution in [1.29, 1.82) is 0 Å². The van der Waals surface area contributed by atoms with Crippen LogP contribution in [0.3, 0.4) is 0 Å². The molecule has 0 aromatic carbocycles. The average Bonchev–Trinajstić information content (AvgIpc) is 2.73. The zero-order valence-electron chi connectivity index (χ0n) is 9.08. The Morgan fingerprint density at radius 3 is 2.56 bits per heavy atom. The third kappa shape index (κ3) is 1.68. The van der Waals surface area contributed by atoms with Crippen LogP contribution in [0.5, 0.6) is 0 Å². The van der Waals surface area contributed by atoms with Crippen LogP contribution in [0.15, 0.2) is 0 Å². The summed E-state index contributed by atoms with van der Waals surface area (Å²) < 4.78 is 15.7. The van der Waals surface area contributed by atoms with Gasteiger partial charge in [-0.2, -0.15) is 0 Å². The Bertz CT molecular complexity index is 312. The molecule has 1 N–H and O–H groups in total. The van der Waals surface area contributed by atoms with Crippen molar-refractivity contribution in [2.45, 2.75) is 37.8 Å². The fourth-order valence-electron chi connectivity index (χ4n) is 2.50. The highest BCUT2D eigenvalue weighted by Crippen LogP contribution is 2.42. The molecule has 2 saturated heterocycles. The van der Waals surface area contributed by atoms with Crippen molar-refractivity contribution < 1.29 is 28.9 Å². The Kier molecular flexibility index (Phi) is 2.86. The number of hydrogen-bond acceptors (Lipinski definition) is 5. The molecule has 6 nitrogen and oxygen atoms in total. The maximum Gasteiger partial charge on any atom is 0.309 e. The van der Waals surface area contributed by atoms with Crippen molar-refractivity contribution in [3.63, 3.8) is 0 Å². The number of rotatable bonds is 3. The summed E-state index contributed by atoms with van der Waals surface area (Å²) in [5.41, 5.74) is 0. The second-order valence-electron chi connectivity index (χ2n) is 4.09. The van der Waals surface area contributed by atoms with Crippen LogP contribution in [0.25, 0.3) is 0 Å². The van der Waals surface area contributed by atoms with Crippen LogP contribution in [-0.2, 0) is 23.8 Å². The maximum absolute atomic E-state index is 10.9. The summed E-state index contributed by atoms with van der Waals surface area (Å²) in [6.07, 6.45) is -1.47. The Balaban J connectivity index is 2.11. The summed E-state index contributed by atoms with van der Waals surface area (Å²) >= 11 is 0. The van der Waals surface area contributed by atoms with Crippen LogP contribution in [0.4, 0.5) is 0 Å². The summed E-state index contributed by atoms with van der Waals surface area (Å²) in [4.78, 5) is 21.8. The number of hydrogen-bond donors (Lipinski definition) is 1. The van der Waals surface area contributed by atoms with Gasteiger partial charge < -0.3 is 19.3 Å². The third-order valence-corrected chi connectivity index (χ3v) is 3.12. The van der Waals surface area contributed by atoms with Crippen LogP contribution >= 0.6 is 0 Å². The largest absolute Gasteiger partial charge is 0.481 e. The summed E-state index contributed by atoms with van der Waals surface area (Å²) in [5, 5.41) is 8.97. The van der Waals surface area contributed by atoms with Crippen molar-refractivity contribution in [3.8, 4) is 0 Å². The minimum Gasteiger partial charge on any atom is -0.481 e. The molecular weight excluding hydrogens is 216 g/mol. The van der Waals surface area contributed by atoms with Crippen LogP contribution < -0.4 is 0 Å². The molecule has 90 valence electrons. The SMILES string of the molecule is CO[C@H]1C(OC(C)=O)C2CC(C(=O)O)[C@@H]1O2. The number of methoxy groups -OCH3 is 1. The van der Waals surface area contributed by atoms with Gasteiger partial charge in [0.25, 0.3) is 0 Å². The number of carboxylic acid groups (broad SMARTS) is 1. The second kappa shape index (κ2) is 4.03. The first-order valence-electron chi connectivity index (χ1n) is 5.13. The average molecular weight is 230 g/mol. The van der Waals surface area contributed by atoms with Gasteiger partial charge in [-0.05, 0) is 6.42 Å². The predicted molar refractivity (Wildman–Crippen MR) is 50.8 cm³/mol. The van der Waals surface area contributed by atoms with Crippen molar-refractivity contribution in [1.82, 2.24) is 0 Å². The lowest BCUT2D eigenvalue weighted by molar-refractivity contribution is -0.157. The monoisotopic (exact) mass is 230 g/mol. The fourth-order valence-corrected chi connectivity index (χ4v) is 2.50. The molecule has 3 unspecified atom stereocenters. The van der Waals surface area contributed by atoms with E-state index in [1.54, 1.807) is 0 Å². The molecule has 2 fully saturated rings. The number of fused-ring (bicyclic) bond motifs is 2. The van der Waals surface area contributed by atoms with Gasteiger partial charge in [0, 0.05) is 14.0 Å². The van der Waals surface area contributed by atoms with Gasteiger partial charge in [0.2, 0.25) is 0 Å². The van der Waals surface area contributed by atoms with Crippen LogP contribution in [-0.4, -0.2) is 48.6 Å². The van der Waals surface area contributed by atoms with E-state index in [4.69, 9.17) is 19.3 Å². The van der Waals surface area contributed by atoms with Gasteiger partial charge in [-0.25, -0.2) is 0 Å². The van der Waals surface area contributed by atoms with E-state index in [1.165, 1.54) is 14.0 Å². The lowest BCUT2D eigenvalue weighted by atomic mass is 9.85. The highest BCUT2D eigenvalue weighted by molar-refractivity contribution is 5.72. The molecule has 0 spiro atoms. The number of carboxylic acids is 1. The van der Waals surface area contributed by atoms with Gasteiger partial charge in [0.15, 0.2) is 6.10 Å². The number of esters is 1. The first-order chi connectivity index (χ1) is 7.54. The molecule has 2 aliphatic heterocycles. The zero-order valence-corrected chi connectivity index (χ0v) is 9.08. The molecule has 5 atom stereocenters. The smallest absolute Gasteiger partial charge is 0.309 e. The first-order valence-corrected chi connectivity index (χ1v) is 5.13. The van der Waals surface area contributed by atoms with Crippen LogP contribution in [0.1, 0.15) is 13.3 Å². The topological polar surface area (TPSA) is 82.1 Å². The Morgan fingerprint density at radius 2 is 2.06 bits per heavy atom. The van der Waals surface area contributed by atoms with E-state index in [0.29, 0.717) is 6.42 Å². The molecule has 0 aliphatic carbocycles. The number of carbonyl (C=O) groups excluding carboxylic acids is 1. The predicted octanol–water partition coefficient (Wildman–Crippen LogP) is -0.195. The molecule has 0 saturated carbocycles. The highest BCUT2D eigenvalue weighted by atomic mass is 16.6. The van der Waals surface area contributed by atoms with Crippen LogP contribution in [0.2, 0.25) is 0 Å². The zero-order chi connectivity index (χ0) is 11.9. The minimum atomic E-state index is -0.893. The van der Waals surface area contributed by atoms with Crippen molar-refractivity contribution in [2.24, 2.45) is 5.92 Å². The van der Waals surface area contributed by atoms with Gasteiger partial charge in [-0.15, -0.1) is 0 Å². The lowest BCUT2D eigenvalue weighted by Crippen LogP contribution is -2.46. The van der Waals surface area contributed by atoms with Gasteiger partial charge >= 0.3 is 11.9 Å². The third-order valence-electron chi connectivity index (χ3n) is 3.12. The van der Waals surface area contributed by atoms with E-state index in [2.05, 4.69) is 0 Å². The van der Waals surface area contributed by atoms with E-state index in [-0.39, 0.29) is 6.10 Å². The molecular formula is C10H14O6. The second-order valence-corrected chi connectivity index (χ2v) is 4.09. The van der Waals surface area contributed by atoms with Gasteiger partial charge in [-0.1, -0.05) is 0 Å². The standard InChI is InChI=1S/C10H14O6/c1-4(11)15-8-6-3-5(10(12)13)7(16-6)9(8)14-2/h5-9H,3H2,1-2H3,(H,12,13)/t5?,6?,7-,8?,9+/m0/s1. The van der Waals surface area contributed by atoms with Gasteiger partial charge in [-0.3, -0.25) is 9.59 Å². The normalized spacial score (nSPS) is 41.0. The Labute approximate surface area is 92.5 Å². The molecule has 0 amide bonds. The molecule has 2 rings (SSSR count). The van der Waals surface area contributed by atoms with E-state index in [1.807, 2.05) is 0 Å². The quantitative estimate of drug-likeness (QED) is 0.676. The number of ether oxygens (including phenoxy) is 3. The minimum absolute atomic E-state index is 0.361. The number of aliphatic carboxylic acids is 1. The molecule has 6 heteroatoms. The molecule has 0 aromatic heterocycles. The van der Waals surface area contributed by atoms with Gasteiger partial charge in [0.1, 0.15) is 12.2 Å². The number of carbonyl (C=O) groups is 2.